The Kier molecular flexibility index (Phi) is 22.1. The van der Waals surface area contributed by atoms with Gasteiger partial charge in [0.2, 0.25) is 17.7 Å². The molecule has 4 fully saturated rings. The second-order valence-corrected chi connectivity index (χ2v) is 31.5. The largest absolute Gasteiger partial charge is 0.476 e. The molecule has 9 amide bonds. The van der Waals surface area contributed by atoms with Gasteiger partial charge in [0.15, 0.2) is 10.8 Å². The average molecular weight is 1440 g/mol. The molecule has 2 aliphatic heterocycles. The fraction of sp³-hybridized carbons (Fsp3) is 0.479. The number of carboxylic acid groups (broad SMARTS) is 1. The maximum atomic E-state index is 13.9. The number of benzene rings is 2. The Balaban J connectivity index is 0.693. The number of hydrogen-bond donors (Lipinski definition) is 9. The van der Waals surface area contributed by atoms with Gasteiger partial charge in [0.05, 0.1) is 18.4 Å². The molecule has 0 saturated heterocycles. The number of carboxylic acids is 1. The number of amides is 9. The lowest BCUT2D eigenvalue weighted by molar-refractivity contribution is -0.248. The van der Waals surface area contributed by atoms with Crippen molar-refractivity contribution in [2.45, 2.75) is 155 Å². The highest BCUT2D eigenvalue weighted by atomic mass is 32.1. The van der Waals surface area contributed by atoms with E-state index in [1.54, 1.807) is 68.7 Å². The highest BCUT2D eigenvalue weighted by Crippen LogP contribution is 2.72. The van der Waals surface area contributed by atoms with Crippen molar-refractivity contribution in [2.75, 3.05) is 54.6 Å². The van der Waals surface area contributed by atoms with Crippen LogP contribution in [0.3, 0.4) is 0 Å². The van der Waals surface area contributed by atoms with Crippen molar-refractivity contribution in [3.8, 4) is 11.1 Å². The van der Waals surface area contributed by atoms with Crippen molar-refractivity contribution in [3.05, 3.63) is 125 Å². The van der Waals surface area contributed by atoms with E-state index in [1.165, 1.54) is 23.5 Å². The van der Waals surface area contributed by atoms with Gasteiger partial charge in [-0.1, -0.05) is 69.7 Å². The molecule has 29 nitrogen and oxygen atoms in total. The molecule has 4 saturated carbocycles. The standard InChI is InChI=1S/C71H87N14O15PS/c1-43(2)58(80-55(86)16-7-6-8-28-84-56(87)23-24-57(84)88)62(91)77-52(14-10-27-74-65(72)94)61(90)76-47-19-17-45(18-20-47)34-99-67(95)83(42-101(96,97)98)30-31-100-71-38-68(4)35-69(5,39-71)37-70(36-68,40-71)41-85-44(3)50(32-75-85)48-21-22-54(79-59(48)64(92)93)82-29-25-46-12-9-13-49(51(46)33-82)60(89)81-66-78-53-15-11-26-73-63(53)102-66/h9,11-13,15,17-24,26,32,43,52,58H,6-8,10,14,16,25,27-31,33-42H2,1-5H3,(H,76,90)(H,77,91)(H,80,86)(H,92,93)(H3,72,74,94)(H,78,81,89)(H2,96,97,98)/t52-,58-,68?,69?,70?,71?/m0/s1. The molecule has 10 N–H and O–H groups in total. The fourth-order valence-electron chi connectivity index (χ4n) is 16.5. The van der Waals surface area contributed by atoms with Crippen LogP contribution in [0.4, 0.5) is 26.2 Å². The maximum absolute atomic E-state index is 13.9. The molecule has 0 radical (unpaired) electrons. The minimum Gasteiger partial charge on any atom is -0.476 e. The molecule has 2 aromatic carbocycles. The minimum absolute atomic E-state index is 0.0498. The van der Waals surface area contributed by atoms with Gasteiger partial charge in [0.25, 0.3) is 17.7 Å². The molecular formula is C71H87N14O15PS. The number of anilines is 3. The topological polar surface area (TPSA) is 402 Å². The number of rotatable bonds is 31. The van der Waals surface area contributed by atoms with Crippen molar-refractivity contribution in [3.63, 3.8) is 0 Å². The number of fused-ring (bicyclic) bond motifs is 2. The highest BCUT2D eigenvalue weighted by Gasteiger charge is 2.66. The monoisotopic (exact) mass is 1440 g/mol. The summed E-state index contributed by atoms with van der Waals surface area (Å²) < 4.78 is 27.1. The zero-order valence-electron chi connectivity index (χ0n) is 57.7. The van der Waals surface area contributed by atoms with E-state index in [0.29, 0.717) is 101 Å². The Labute approximate surface area is 593 Å². The average Bonchev–Trinajstić information content (AvgIpc) is 1.06. The van der Waals surface area contributed by atoms with Crippen molar-refractivity contribution < 1.29 is 72.1 Å². The van der Waals surface area contributed by atoms with Crippen LogP contribution in [0.5, 0.6) is 0 Å². The summed E-state index contributed by atoms with van der Waals surface area (Å²) in [6.45, 7) is 11.1. The second-order valence-electron chi connectivity index (χ2n) is 28.9. The predicted octanol–water partition coefficient (Wildman–Crippen LogP) is 8.18. The Bertz CT molecular complexity index is 4240. The van der Waals surface area contributed by atoms with Gasteiger partial charge in [-0.2, -0.15) is 5.10 Å². The third kappa shape index (κ3) is 17.7. The van der Waals surface area contributed by atoms with Gasteiger partial charge >= 0.3 is 25.7 Å². The number of aromatic nitrogens is 5. The summed E-state index contributed by atoms with van der Waals surface area (Å²) in [4.78, 5) is 155. The lowest BCUT2D eigenvalue weighted by Gasteiger charge is -2.69. The smallest absolute Gasteiger partial charge is 0.410 e. The Morgan fingerprint density at radius 2 is 1.58 bits per heavy atom. The molecule has 12 rings (SSSR count). The first kappa shape index (κ1) is 73.7. The molecule has 102 heavy (non-hydrogen) atoms. The van der Waals surface area contributed by atoms with Gasteiger partial charge < -0.3 is 56.3 Å². The van der Waals surface area contributed by atoms with Crippen LogP contribution < -0.4 is 37.2 Å². The molecule has 4 atom stereocenters. The van der Waals surface area contributed by atoms with Crippen molar-refractivity contribution in [1.82, 2.24) is 50.5 Å². The van der Waals surface area contributed by atoms with E-state index in [0.717, 1.165) is 58.7 Å². The number of aromatic carboxylic acids is 1. The summed E-state index contributed by atoms with van der Waals surface area (Å²) >= 11 is 1.29. The first-order valence-electron chi connectivity index (χ1n) is 34.3. The number of unbranched alkanes of at least 4 members (excludes halogenated alkanes) is 2. The molecular weight excluding hydrogens is 1350 g/mol. The first-order chi connectivity index (χ1) is 48.5. The van der Waals surface area contributed by atoms with Crippen molar-refractivity contribution in [2.24, 2.45) is 27.9 Å². The molecule has 6 aromatic rings. The summed E-state index contributed by atoms with van der Waals surface area (Å²) in [5.74, 6) is -3.82. The third-order valence-corrected chi connectivity index (χ3v) is 21.5. The SMILES string of the molecule is Cc1c(-c2ccc(N3CCc4cccc(C(=O)Nc5nc6cccnc6s5)c4C3)nc2C(=O)O)cnn1CC12CC3(C)CC(C)(C1)CC(OCCN(CP(=O)(O)O)C(=O)OCc1ccc(NC(=O)[C@H](CCCNC(N)=O)NC(=O)[C@@H](NC(=O)CCCCCN4C(=O)C=CC4=O)C(C)C)cc1)(C3)C2. The summed E-state index contributed by atoms with van der Waals surface area (Å²) in [5, 5.41) is 29.8. The number of nitrogens with one attached hydrogen (secondary N) is 5. The first-order valence-corrected chi connectivity index (χ1v) is 36.9. The normalized spacial score (nSPS) is 21.0. The van der Waals surface area contributed by atoms with Crippen LogP contribution in [0.25, 0.3) is 21.5 Å². The maximum Gasteiger partial charge on any atom is 0.410 e. The number of pyridine rings is 2. The number of primary amides is 1. The van der Waals surface area contributed by atoms with Crippen LogP contribution in [0, 0.1) is 29.1 Å². The number of nitrogens with zero attached hydrogens (tertiary/aromatic N) is 8. The Morgan fingerprint density at radius 1 is 0.833 bits per heavy atom. The summed E-state index contributed by atoms with van der Waals surface area (Å²) in [6.07, 6.45) is 11.2. The van der Waals surface area contributed by atoms with Crippen LogP contribution in [0.1, 0.15) is 148 Å². The van der Waals surface area contributed by atoms with Gasteiger partial charge in [-0.05, 0) is 159 Å². The molecule has 542 valence electrons. The Hall–Kier alpha value is -9.48. The van der Waals surface area contributed by atoms with Crippen LogP contribution in [-0.4, -0.2) is 160 Å². The van der Waals surface area contributed by atoms with Gasteiger partial charge in [0.1, 0.15) is 41.1 Å². The number of urea groups is 1. The van der Waals surface area contributed by atoms with Gasteiger partial charge in [-0.25, -0.2) is 29.3 Å². The van der Waals surface area contributed by atoms with Crippen LogP contribution in [-0.2, 0) is 64.1 Å². The van der Waals surface area contributed by atoms with E-state index in [-0.39, 0.29) is 97.7 Å². The number of ether oxygens (including phenoxy) is 2. The summed E-state index contributed by atoms with van der Waals surface area (Å²) in [7, 11) is -4.81. The minimum atomic E-state index is -4.81. The zero-order chi connectivity index (χ0) is 72.9. The molecule has 4 bridgehead atoms. The van der Waals surface area contributed by atoms with Crippen molar-refractivity contribution >= 4 is 99.5 Å². The molecule has 4 aromatic heterocycles. The molecule has 2 unspecified atom stereocenters. The molecule has 0 spiro atoms. The number of carbonyl (C=O) groups excluding carboxylic acids is 8. The van der Waals surface area contributed by atoms with Crippen molar-refractivity contribution in [1.29, 1.82) is 0 Å². The predicted molar refractivity (Wildman–Crippen MR) is 377 cm³/mol. The van der Waals surface area contributed by atoms with E-state index in [2.05, 4.69) is 50.4 Å². The number of nitrogens with two attached hydrogens (primary N) is 1. The summed E-state index contributed by atoms with van der Waals surface area (Å²) in [6, 6.07) is 16.2. The highest BCUT2D eigenvalue weighted by molar-refractivity contribution is 7.51. The van der Waals surface area contributed by atoms with E-state index in [9.17, 15) is 62.6 Å². The molecule has 6 aliphatic rings. The molecule has 6 heterocycles. The van der Waals surface area contributed by atoms with Gasteiger partial charge in [-0.15, -0.1) is 0 Å². The number of imide groups is 1. The number of carbonyl (C=O) groups is 9. The summed E-state index contributed by atoms with van der Waals surface area (Å²) in [5.41, 5.74) is 9.49. The fourth-order valence-corrected chi connectivity index (χ4v) is 18.0. The second kappa shape index (κ2) is 30.6. The van der Waals surface area contributed by atoms with Crippen LogP contribution >= 0.6 is 18.9 Å². The Morgan fingerprint density at radius 3 is 2.27 bits per heavy atom. The number of hydrogen-bond acceptors (Lipinski definition) is 18. The van der Waals surface area contributed by atoms with Crippen LogP contribution in [0.15, 0.2) is 91.3 Å². The number of thiazole rings is 1. The quantitative estimate of drug-likeness (QED) is 0.0112. The lowest BCUT2D eigenvalue weighted by atomic mass is 9.39. The van der Waals surface area contributed by atoms with Gasteiger partial charge in [-0.3, -0.25) is 53.1 Å². The van der Waals surface area contributed by atoms with E-state index < -0.39 is 67.4 Å². The van der Waals surface area contributed by atoms with E-state index in [4.69, 9.17) is 25.3 Å². The lowest BCUT2D eigenvalue weighted by Crippen LogP contribution is -2.64. The third-order valence-electron chi connectivity index (χ3n) is 19.9. The van der Waals surface area contributed by atoms with Crippen LogP contribution in [0.2, 0.25) is 0 Å². The molecule has 31 heteroatoms. The van der Waals surface area contributed by atoms with E-state index >= 15 is 0 Å². The van der Waals surface area contributed by atoms with E-state index in [1.807, 2.05) is 40.8 Å². The molecule has 4 aliphatic carbocycles. The zero-order valence-corrected chi connectivity index (χ0v) is 59.4. The van der Waals surface area contributed by atoms with Gasteiger partial charge in [0, 0.05) is 92.1 Å².